The van der Waals surface area contributed by atoms with E-state index in [4.69, 9.17) is 5.84 Å². The van der Waals surface area contributed by atoms with Crippen LogP contribution in [0.1, 0.15) is 22.9 Å². The van der Waals surface area contributed by atoms with Gasteiger partial charge >= 0.3 is 0 Å². The quantitative estimate of drug-likeness (QED) is 0.664. The lowest BCUT2D eigenvalue weighted by atomic mass is 10.0. The normalized spacial score (nSPS) is 12.7. The zero-order chi connectivity index (χ0) is 12.4. The number of aryl methyl sites for hydroxylation is 2. The summed E-state index contributed by atoms with van der Waals surface area (Å²) < 4.78 is 2.79. The fourth-order valence-corrected chi connectivity index (χ4v) is 2.01. The summed E-state index contributed by atoms with van der Waals surface area (Å²) in [6.45, 7) is 2.04. The van der Waals surface area contributed by atoms with Crippen molar-refractivity contribution in [3.05, 3.63) is 45.7 Å². The minimum Gasteiger partial charge on any atom is -0.271 e. The van der Waals surface area contributed by atoms with Gasteiger partial charge in [-0.05, 0) is 24.1 Å². The number of nitrogens with two attached hydrogens (primary N) is 1. The number of halogens is 1. The monoisotopic (exact) mass is 295 g/mol. The average Bonchev–Trinajstić information content (AvgIpc) is 2.71. The summed E-state index contributed by atoms with van der Waals surface area (Å²) >= 11 is 3.48. The van der Waals surface area contributed by atoms with Crippen LogP contribution in [0.4, 0.5) is 0 Å². The number of aromatic nitrogens is 3. The van der Waals surface area contributed by atoms with Crippen LogP contribution in [0.25, 0.3) is 0 Å². The van der Waals surface area contributed by atoms with E-state index in [-0.39, 0.29) is 6.04 Å². The van der Waals surface area contributed by atoms with Crippen LogP contribution in [-0.4, -0.2) is 15.0 Å². The molecule has 0 aliphatic rings. The summed E-state index contributed by atoms with van der Waals surface area (Å²) in [7, 11) is 1.85. The van der Waals surface area contributed by atoms with E-state index < -0.39 is 0 Å². The number of nitrogens with one attached hydrogen (secondary N) is 1. The number of hydrogen-bond donors (Lipinski definition) is 2. The minimum absolute atomic E-state index is 0.109. The Labute approximate surface area is 108 Å². The van der Waals surface area contributed by atoms with Crippen LogP contribution >= 0.6 is 15.9 Å². The Morgan fingerprint density at radius 1 is 1.47 bits per heavy atom. The number of nitrogens with zero attached hydrogens (tertiary/aromatic N) is 3. The third kappa shape index (κ3) is 2.38. The van der Waals surface area contributed by atoms with E-state index in [2.05, 4.69) is 37.7 Å². The van der Waals surface area contributed by atoms with Crippen molar-refractivity contribution in [1.29, 1.82) is 0 Å². The molecular formula is C11H14BrN5. The predicted molar refractivity (Wildman–Crippen MR) is 69.0 cm³/mol. The molecule has 2 rings (SSSR count). The molecule has 0 amide bonds. The van der Waals surface area contributed by atoms with Gasteiger partial charge in [0.1, 0.15) is 0 Å². The molecule has 0 aliphatic heterocycles. The maximum Gasteiger partial charge on any atom is 0.0894 e. The van der Waals surface area contributed by atoms with Gasteiger partial charge in [0.25, 0.3) is 0 Å². The lowest BCUT2D eigenvalue weighted by Crippen LogP contribution is -2.30. The van der Waals surface area contributed by atoms with Gasteiger partial charge in [0, 0.05) is 11.5 Å². The van der Waals surface area contributed by atoms with E-state index in [0.717, 1.165) is 21.3 Å². The van der Waals surface area contributed by atoms with Crippen molar-refractivity contribution in [3.8, 4) is 0 Å². The van der Waals surface area contributed by atoms with Crippen molar-refractivity contribution in [2.45, 2.75) is 13.0 Å². The van der Waals surface area contributed by atoms with Crippen LogP contribution in [0.5, 0.6) is 0 Å². The molecular weight excluding hydrogens is 282 g/mol. The fourth-order valence-electron chi connectivity index (χ4n) is 1.76. The molecule has 1 aromatic heterocycles. The van der Waals surface area contributed by atoms with E-state index in [9.17, 15) is 0 Å². The van der Waals surface area contributed by atoms with Crippen molar-refractivity contribution >= 4 is 15.9 Å². The molecule has 90 valence electrons. The molecule has 1 atom stereocenters. The van der Waals surface area contributed by atoms with Crippen molar-refractivity contribution in [2.24, 2.45) is 12.9 Å². The van der Waals surface area contributed by atoms with Crippen molar-refractivity contribution < 1.29 is 0 Å². The molecule has 1 aromatic carbocycles. The first-order valence-electron chi connectivity index (χ1n) is 5.20. The Balaban J connectivity index is 2.42. The molecule has 3 N–H and O–H groups in total. The van der Waals surface area contributed by atoms with Crippen LogP contribution in [0.3, 0.4) is 0 Å². The van der Waals surface area contributed by atoms with Crippen molar-refractivity contribution in [2.75, 3.05) is 0 Å². The van der Waals surface area contributed by atoms with Gasteiger partial charge in [0.05, 0.1) is 17.9 Å². The van der Waals surface area contributed by atoms with Crippen molar-refractivity contribution in [3.63, 3.8) is 0 Å². The first-order valence-corrected chi connectivity index (χ1v) is 5.99. The van der Waals surface area contributed by atoms with E-state index in [1.54, 1.807) is 10.9 Å². The first-order chi connectivity index (χ1) is 8.13. The smallest absolute Gasteiger partial charge is 0.0894 e. The number of hydrogen-bond acceptors (Lipinski definition) is 4. The molecule has 0 aliphatic carbocycles. The molecule has 17 heavy (non-hydrogen) atoms. The van der Waals surface area contributed by atoms with E-state index in [1.165, 1.54) is 0 Å². The molecule has 6 heteroatoms. The first kappa shape index (κ1) is 12.2. The summed E-state index contributed by atoms with van der Waals surface area (Å²) in [6.07, 6.45) is 1.71. The second-order valence-corrected chi connectivity index (χ2v) is 4.75. The number of benzene rings is 1. The van der Waals surface area contributed by atoms with Gasteiger partial charge < -0.3 is 0 Å². The largest absolute Gasteiger partial charge is 0.271 e. The lowest BCUT2D eigenvalue weighted by molar-refractivity contribution is 0.570. The fraction of sp³-hybridized carbons (Fsp3) is 0.273. The molecule has 1 unspecified atom stereocenters. The van der Waals surface area contributed by atoms with Gasteiger partial charge in [-0.3, -0.25) is 10.5 Å². The third-order valence-electron chi connectivity index (χ3n) is 2.73. The molecule has 0 spiro atoms. The molecule has 0 bridgehead atoms. The molecule has 0 fully saturated rings. The highest BCUT2D eigenvalue weighted by atomic mass is 79.9. The summed E-state index contributed by atoms with van der Waals surface area (Å²) in [6, 6.07) is 6.01. The average molecular weight is 296 g/mol. The van der Waals surface area contributed by atoms with Crippen LogP contribution in [0, 0.1) is 6.92 Å². The van der Waals surface area contributed by atoms with Gasteiger partial charge in [-0.15, -0.1) is 5.10 Å². The molecule has 0 saturated carbocycles. The molecule has 0 radical (unpaired) electrons. The molecule has 2 aromatic rings. The second kappa shape index (κ2) is 4.95. The number of rotatable bonds is 3. The van der Waals surface area contributed by atoms with Gasteiger partial charge in [0.15, 0.2) is 0 Å². The molecule has 0 saturated heterocycles. The number of hydrazine groups is 1. The van der Waals surface area contributed by atoms with Gasteiger partial charge in [0.2, 0.25) is 0 Å². The van der Waals surface area contributed by atoms with Crippen molar-refractivity contribution in [1.82, 2.24) is 20.4 Å². The van der Waals surface area contributed by atoms with Crippen LogP contribution in [0.2, 0.25) is 0 Å². The van der Waals surface area contributed by atoms with Gasteiger partial charge in [-0.2, -0.15) is 0 Å². The third-order valence-corrected chi connectivity index (χ3v) is 3.62. The zero-order valence-electron chi connectivity index (χ0n) is 9.68. The Kier molecular flexibility index (Phi) is 3.56. The Morgan fingerprint density at radius 2 is 2.24 bits per heavy atom. The van der Waals surface area contributed by atoms with E-state index in [1.807, 2.05) is 26.1 Å². The van der Waals surface area contributed by atoms with Crippen LogP contribution in [0.15, 0.2) is 28.9 Å². The van der Waals surface area contributed by atoms with Crippen LogP contribution < -0.4 is 11.3 Å². The van der Waals surface area contributed by atoms with E-state index >= 15 is 0 Å². The Hall–Kier alpha value is -1.24. The maximum atomic E-state index is 5.62. The highest BCUT2D eigenvalue weighted by molar-refractivity contribution is 9.10. The predicted octanol–water partition coefficient (Wildman–Crippen LogP) is 1.44. The van der Waals surface area contributed by atoms with Crippen LogP contribution in [-0.2, 0) is 7.05 Å². The molecule has 1 heterocycles. The highest BCUT2D eigenvalue weighted by Crippen LogP contribution is 2.24. The topological polar surface area (TPSA) is 68.8 Å². The molecule has 5 nitrogen and oxygen atoms in total. The lowest BCUT2D eigenvalue weighted by Gasteiger charge is -2.16. The summed E-state index contributed by atoms with van der Waals surface area (Å²) in [4.78, 5) is 0. The zero-order valence-corrected chi connectivity index (χ0v) is 11.3. The summed E-state index contributed by atoms with van der Waals surface area (Å²) in [5.41, 5.74) is 5.96. The standard InChI is InChI=1S/C11H14BrN5/c1-7-5-8(3-4-9(7)12)11(15-13)10-6-14-16-17(10)2/h3-6,11,15H,13H2,1-2H3. The maximum absolute atomic E-state index is 5.62. The minimum atomic E-state index is -0.109. The second-order valence-electron chi connectivity index (χ2n) is 3.89. The summed E-state index contributed by atoms with van der Waals surface area (Å²) in [5.74, 6) is 5.62. The highest BCUT2D eigenvalue weighted by Gasteiger charge is 2.16. The van der Waals surface area contributed by atoms with Gasteiger partial charge in [-0.25, -0.2) is 5.43 Å². The summed E-state index contributed by atoms with van der Waals surface area (Å²) in [5, 5.41) is 7.78. The Morgan fingerprint density at radius 3 is 2.76 bits per heavy atom. The van der Waals surface area contributed by atoms with E-state index in [0.29, 0.717) is 0 Å². The SMILES string of the molecule is Cc1cc(C(NN)c2cnnn2C)ccc1Br. The van der Waals surface area contributed by atoms with Gasteiger partial charge in [-0.1, -0.05) is 33.3 Å². The Bertz CT molecular complexity index is 522.